The summed E-state index contributed by atoms with van der Waals surface area (Å²) in [6.45, 7) is 1.81. The monoisotopic (exact) mass is 233 g/mol. The van der Waals surface area contributed by atoms with Crippen LogP contribution in [0, 0.1) is 5.92 Å². The summed E-state index contributed by atoms with van der Waals surface area (Å²) in [7, 11) is 2.99. The maximum atomic E-state index is 11.7. The predicted octanol–water partition coefficient (Wildman–Crippen LogP) is -1.17. The number of oxime groups is 1. The van der Waals surface area contributed by atoms with Gasteiger partial charge in [0.1, 0.15) is 0 Å². The first-order valence-electron chi connectivity index (χ1n) is 4.83. The Hall–Kier alpha value is -1.34. The molecule has 0 aromatic heterocycles. The Morgan fingerprint density at radius 3 is 2.62 bits per heavy atom. The number of amides is 1. The van der Waals surface area contributed by atoms with E-state index in [0.29, 0.717) is 0 Å². The van der Waals surface area contributed by atoms with Crippen LogP contribution < -0.4 is 5.73 Å². The number of carbonyl (C=O) groups is 1. The second-order valence-electron chi connectivity index (χ2n) is 3.57. The molecule has 94 valence electrons. The highest BCUT2D eigenvalue weighted by Crippen LogP contribution is 2.02. The maximum Gasteiger partial charge on any atom is 0.232 e. The first kappa shape index (κ1) is 14.7. The van der Waals surface area contributed by atoms with Gasteiger partial charge in [-0.25, -0.2) is 0 Å². The van der Waals surface area contributed by atoms with Crippen LogP contribution in [0.3, 0.4) is 0 Å². The lowest BCUT2D eigenvalue weighted by Gasteiger charge is -2.23. The minimum absolute atomic E-state index is 0.135. The second kappa shape index (κ2) is 7.02. The van der Waals surface area contributed by atoms with Crippen LogP contribution in [-0.4, -0.2) is 60.4 Å². The van der Waals surface area contributed by atoms with Crippen LogP contribution in [0.25, 0.3) is 0 Å². The highest BCUT2D eigenvalue weighted by Gasteiger charge is 2.22. The SMILES string of the molecule is COCC(O)CN(C)C(=O)C(C)C(N)=NO. The third-order valence-corrected chi connectivity index (χ3v) is 2.15. The van der Waals surface area contributed by atoms with Crippen molar-refractivity contribution >= 4 is 11.7 Å². The normalized spacial score (nSPS) is 15.6. The fourth-order valence-corrected chi connectivity index (χ4v) is 1.19. The van der Waals surface area contributed by atoms with Crippen molar-refractivity contribution in [3.05, 3.63) is 0 Å². The minimum atomic E-state index is -0.751. The van der Waals surface area contributed by atoms with Crippen molar-refractivity contribution in [1.29, 1.82) is 0 Å². The molecule has 0 aliphatic rings. The van der Waals surface area contributed by atoms with E-state index in [0.717, 1.165) is 0 Å². The smallest absolute Gasteiger partial charge is 0.232 e. The van der Waals surface area contributed by atoms with E-state index in [2.05, 4.69) is 5.16 Å². The average Bonchev–Trinajstić information content (AvgIpc) is 2.26. The molecule has 0 spiro atoms. The van der Waals surface area contributed by atoms with Gasteiger partial charge in [-0.15, -0.1) is 0 Å². The molecule has 0 saturated carbocycles. The van der Waals surface area contributed by atoms with Crippen molar-refractivity contribution in [2.24, 2.45) is 16.8 Å². The Morgan fingerprint density at radius 2 is 2.19 bits per heavy atom. The number of nitrogens with two attached hydrogens (primary N) is 1. The second-order valence-corrected chi connectivity index (χ2v) is 3.57. The Balaban J connectivity index is 4.28. The van der Waals surface area contributed by atoms with Gasteiger partial charge in [0, 0.05) is 20.7 Å². The third-order valence-electron chi connectivity index (χ3n) is 2.15. The van der Waals surface area contributed by atoms with Crippen LogP contribution in [0.1, 0.15) is 6.92 Å². The van der Waals surface area contributed by atoms with E-state index < -0.39 is 12.0 Å². The number of amidine groups is 1. The van der Waals surface area contributed by atoms with Gasteiger partial charge in [0.15, 0.2) is 5.84 Å². The summed E-state index contributed by atoms with van der Waals surface area (Å²) in [6.07, 6.45) is -0.751. The van der Waals surface area contributed by atoms with Crippen LogP contribution in [0.5, 0.6) is 0 Å². The number of likely N-dealkylation sites (N-methyl/N-ethyl adjacent to an activating group) is 1. The van der Waals surface area contributed by atoms with Crippen LogP contribution in [0.4, 0.5) is 0 Å². The third kappa shape index (κ3) is 4.45. The zero-order chi connectivity index (χ0) is 12.7. The number of nitrogens with zero attached hydrogens (tertiary/aromatic N) is 2. The first-order valence-corrected chi connectivity index (χ1v) is 4.83. The molecule has 0 bridgehead atoms. The lowest BCUT2D eigenvalue weighted by Crippen LogP contribution is -2.42. The van der Waals surface area contributed by atoms with Crippen molar-refractivity contribution in [2.45, 2.75) is 13.0 Å². The molecule has 0 heterocycles. The van der Waals surface area contributed by atoms with Crippen molar-refractivity contribution < 1.29 is 19.8 Å². The Morgan fingerprint density at radius 1 is 1.62 bits per heavy atom. The summed E-state index contributed by atoms with van der Waals surface area (Å²) in [6, 6.07) is 0. The highest BCUT2D eigenvalue weighted by atomic mass is 16.5. The van der Waals surface area contributed by atoms with Crippen LogP contribution in [-0.2, 0) is 9.53 Å². The molecule has 2 atom stereocenters. The van der Waals surface area contributed by atoms with Gasteiger partial charge in [0.2, 0.25) is 5.91 Å². The van der Waals surface area contributed by atoms with E-state index in [1.54, 1.807) is 0 Å². The van der Waals surface area contributed by atoms with Crippen LogP contribution >= 0.6 is 0 Å². The number of aliphatic hydroxyl groups excluding tert-OH is 1. The molecule has 0 saturated heterocycles. The lowest BCUT2D eigenvalue weighted by atomic mass is 10.1. The molecule has 0 aromatic rings. The number of aliphatic hydroxyl groups is 1. The summed E-state index contributed by atoms with van der Waals surface area (Å²) in [5.74, 6) is -1.20. The quantitative estimate of drug-likeness (QED) is 0.232. The molecular formula is C9H19N3O4. The molecule has 7 heteroatoms. The Bertz CT molecular complexity index is 257. The number of carbonyl (C=O) groups excluding carboxylic acids is 1. The van der Waals surface area contributed by atoms with Gasteiger partial charge in [-0.1, -0.05) is 5.16 Å². The number of hydrogen-bond donors (Lipinski definition) is 3. The fourth-order valence-electron chi connectivity index (χ4n) is 1.19. The number of ether oxygens (including phenoxy) is 1. The lowest BCUT2D eigenvalue weighted by molar-refractivity contribution is -0.133. The largest absolute Gasteiger partial charge is 0.409 e. The summed E-state index contributed by atoms with van der Waals surface area (Å²) >= 11 is 0. The van der Waals surface area contributed by atoms with Crippen molar-refractivity contribution in [2.75, 3.05) is 27.3 Å². The number of hydrogen-bond acceptors (Lipinski definition) is 5. The molecule has 16 heavy (non-hydrogen) atoms. The van der Waals surface area contributed by atoms with Crippen molar-refractivity contribution in [1.82, 2.24) is 4.90 Å². The zero-order valence-corrected chi connectivity index (χ0v) is 9.75. The summed E-state index contributed by atoms with van der Waals surface area (Å²) in [4.78, 5) is 13.0. The van der Waals surface area contributed by atoms with Gasteiger partial charge in [-0.2, -0.15) is 0 Å². The molecule has 0 rings (SSSR count). The predicted molar refractivity (Wildman–Crippen MR) is 58.1 cm³/mol. The van der Waals surface area contributed by atoms with E-state index in [4.69, 9.17) is 15.7 Å². The minimum Gasteiger partial charge on any atom is -0.409 e. The Labute approximate surface area is 94.5 Å². The van der Waals surface area contributed by atoms with Gasteiger partial charge < -0.3 is 25.7 Å². The van der Waals surface area contributed by atoms with Gasteiger partial charge in [0.05, 0.1) is 18.6 Å². The van der Waals surface area contributed by atoms with Crippen LogP contribution in [0.2, 0.25) is 0 Å². The number of rotatable bonds is 6. The highest BCUT2D eigenvalue weighted by molar-refractivity contribution is 6.01. The topological polar surface area (TPSA) is 108 Å². The van der Waals surface area contributed by atoms with Crippen molar-refractivity contribution in [3.8, 4) is 0 Å². The summed E-state index contributed by atoms with van der Waals surface area (Å²) in [5.41, 5.74) is 5.31. The molecule has 4 N–H and O–H groups in total. The molecule has 0 aliphatic heterocycles. The van der Waals surface area contributed by atoms with E-state index in [1.165, 1.54) is 26.0 Å². The van der Waals surface area contributed by atoms with Gasteiger partial charge in [-0.05, 0) is 6.92 Å². The molecule has 1 amide bonds. The standard InChI is InChI=1S/C9H19N3O4/c1-6(8(10)11-15)9(14)12(2)4-7(13)5-16-3/h6-7,13,15H,4-5H2,1-3H3,(H2,10,11). The van der Waals surface area contributed by atoms with Crippen molar-refractivity contribution in [3.63, 3.8) is 0 Å². The van der Waals surface area contributed by atoms with E-state index in [1.807, 2.05) is 0 Å². The fraction of sp³-hybridized carbons (Fsp3) is 0.778. The maximum absolute atomic E-state index is 11.7. The molecule has 0 aromatic carbocycles. The molecule has 2 unspecified atom stereocenters. The molecule has 0 aliphatic carbocycles. The van der Waals surface area contributed by atoms with E-state index in [-0.39, 0.29) is 24.9 Å². The van der Waals surface area contributed by atoms with E-state index >= 15 is 0 Å². The van der Waals surface area contributed by atoms with Gasteiger partial charge in [0.25, 0.3) is 0 Å². The molecular weight excluding hydrogens is 214 g/mol. The van der Waals surface area contributed by atoms with Gasteiger partial charge in [-0.3, -0.25) is 4.79 Å². The molecule has 7 nitrogen and oxygen atoms in total. The molecule has 0 fully saturated rings. The van der Waals surface area contributed by atoms with Gasteiger partial charge >= 0.3 is 0 Å². The first-order chi connectivity index (χ1) is 7.43. The summed E-state index contributed by atoms with van der Waals surface area (Å²) in [5, 5.41) is 20.6. The zero-order valence-electron chi connectivity index (χ0n) is 9.75. The molecule has 0 radical (unpaired) electrons. The Kier molecular flexibility index (Phi) is 6.43. The van der Waals surface area contributed by atoms with E-state index in [9.17, 15) is 9.90 Å². The van der Waals surface area contributed by atoms with Crippen LogP contribution in [0.15, 0.2) is 5.16 Å². The number of methoxy groups -OCH3 is 1. The average molecular weight is 233 g/mol. The summed E-state index contributed by atoms with van der Waals surface area (Å²) < 4.78 is 4.74.